The van der Waals surface area contributed by atoms with Gasteiger partial charge < -0.3 is 29.7 Å². The van der Waals surface area contributed by atoms with Gasteiger partial charge in [-0.05, 0) is 70.3 Å². The fourth-order valence-corrected chi connectivity index (χ4v) is 8.61. The van der Waals surface area contributed by atoms with Crippen LogP contribution in [0, 0.1) is 0 Å². The molecule has 5 heterocycles. The van der Waals surface area contributed by atoms with Crippen molar-refractivity contribution in [1.29, 1.82) is 0 Å². The second-order valence-corrected chi connectivity index (χ2v) is 16.7. The molecule has 2 N–H and O–H groups in total. The second kappa shape index (κ2) is 13.9. The Labute approximate surface area is 291 Å². The Morgan fingerprint density at radius 1 is 0.939 bits per heavy atom. The highest BCUT2D eigenvalue weighted by atomic mass is 35.5. The van der Waals surface area contributed by atoms with Crippen LogP contribution in [0.4, 0.5) is 28.8 Å². The van der Waals surface area contributed by atoms with Crippen LogP contribution in [-0.2, 0) is 11.6 Å². The molecular formula is C35H42ClN10O2P. The monoisotopic (exact) mass is 700 g/mol. The van der Waals surface area contributed by atoms with Crippen molar-refractivity contribution >= 4 is 63.9 Å². The Hall–Kier alpha value is -4.25. The van der Waals surface area contributed by atoms with E-state index < -0.39 is 7.14 Å². The Bertz CT molecular complexity index is 2020. The highest BCUT2D eigenvalue weighted by Gasteiger charge is 2.28. The van der Waals surface area contributed by atoms with Crippen LogP contribution in [-0.4, -0.2) is 87.3 Å². The maximum atomic E-state index is 13.5. The summed E-state index contributed by atoms with van der Waals surface area (Å²) in [5.74, 6) is 1.34. The maximum absolute atomic E-state index is 13.5. The average molecular weight is 701 g/mol. The molecule has 0 unspecified atom stereocenters. The van der Waals surface area contributed by atoms with Gasteiger partial charge in [-0.15, -0.1) is 0 Å². The quantitative estimate of drug-likeness (QED) is 0.160. The predicted octanol–water partition coefficient (Wildman–Crippen LogP) is 6.67. The molecule has 0 bridgehead atoms. The number of aromatic nitrogens is 6. The molecule has 0 saturated carbocycles. The highest BCUT2D eigenvalue weighted by Crippen LogP contribution is 2.43. The minimum atomic E-state index is -2.79. The summed E-state index contributed by atoms with van der Waals surface area (Å²) in [5.41, 5.74) is 5.71. The van der Waals surface area contributed by atoms with E-state index in [4.69, 9.17) is 21.3 Å². The van der Waals surface area contributed by atoms with E-state index in [1.54, 1.807) is 32.8 Å². The molecule has 2 fully saturated rings. The van der Waals surface area contributed by atoms with Crippen molar-refractivity contribution in [3.8, 4) is 16.9 Å². The number of methoxy groups -OCH3 is 1. The average Bonchev–Trinajstić information content (AvgIpc) is 3.55. The van der Waals surface area contributed by atoms with Crippen molar-refractivity contribution < 1.29 is 9.30 Å². The fraction of sp³-hybridized carbons (Fsp3) is 0.400. The summed E-state index contributed by atoms with van der Waals surface area (Å²) < 4.78 is 21.2. The molecule has 0 amide bonds. The molecule has 14 heteroatoms. The molecule has 2 saturated heterocycles. The van der Waals surface area contributed by atoms with E-state index in [0.717, 1.165) is 42.7 Å². The lowest BCUT2D eigenvalue weighted by Gasteiger charge is -2.41. The van der Waals surface area contributed by atoms with Crippen molar-refractivity contribution in [2.75, 3.05) is 62.2 Å². The van der Waals surface area contributed by atoms with Crippen LogP contribution in [0.3, 0.4) is 0 Å². The topological polar surface area (TPSA) is 126 Å². The summed E-state index contributed by atoms with van der Waals surface area (Å²) in [6.07, 6.45) is 14.9. The molecule has 2 aromatic carbocycles. The third-order valence-electron chi connectivity index (χ3n) is 9.44. The molecule has 256 valence electrons. The number of halogens is 1. The standard InChI is InChI=1S/C35H42ClN10O2P/c1-44-22-23(20-40-44)25-18-29(31(48-2)19-30(25)46-16-10-24(11-17-46)45-14-6-5-7-15-45)42-35-39-21-26(36)34(43-35)41-28-9-8-27-32(38-13-12-37-27)33(28)49(3,4)47/h8-9,12-13,18-22,24H,5-7,10-11,14-17H2,1-4H3,(H2,39,41,42,43). The van der Waals surface area contributed by atoms with E-state index in [-0.39, 0.29) is 0 Å². The summed E-state index contributed by atoms with van der Waals surface area (Å²) in [6, 6.07) is 8.49. The number of nitrogens with zero attached hydrogens (tertiary/aromatic N) is 8. The first-order valence-electron chi connectivity index (χ1n) is 16.7. The summed E-state index contributed by atoms with van der Waals surface area (Å²) in [4.78, 5) is 23.3. The van der Waals surface area contributed by atoms with Crippen LogP contribution in [0.2, 0.25) is 5.02 Å². The predicted molar refractivity (Wildman–Crippen MR) is 198 cm³/mol. The van der Waals surface area contributed by atoms with Gasteiger partial charge in [0.15, 0.2) is 5.82 Å². The number of piperidine rings is 2. The van der Waals surface area contributed by atoms with Gasteiger partial charge in [0.05, 0.1) is 41.7 Å². The van der Waals surface area contributed by atoms with Crippen molar-refractivity contribution in [3.05, 3.63) is 60.3 Å². The van der Waals surface area contributed by atoms with E-state index in [9.17, 15) is 4.57 Å². The zero-order valence-electron chi connectivity index (χ0n) is 28.4. The maximum Gasteiger partial charge on any atom is 0.229 e. The van der Waals surface area contributed by atoms with E-state index in [1.165, 1.54) is 38.5 Å². The van der Waals surface area contributed by atoms with E-state index in [0.29, 0.717) is 56.3 Å². The third kappa shape index (κ3) is 7.08. The number of anilines is 5. The van der Waals surface area contributed by atoms with Gasteiger partial charge in [-0.25, -0.2) is 4.98 Å². The van der Waals surface area contributed by atoms with Gasteiger partial charge in [0.1, 0.15) is 23.4 Å². The zero-order valence-corrected chi connectivity index (χ0v) is 30.0. The first kappa shape index (κ1) is 33.3. The van der Waals surface area contributed by atoms with Crippen LogP contribution in [0.1, 0.15) is 32.1 Å². The molecule has 0 spiro atoms. The van der Waals surface area contributed by atoms with Crippen LogP contribution in [0.25, 0.3) is 22.2 Å². The third-order valence-corrected chi connectivity index (χ3v) is 11.2. The van der Waals surface area contributed by atoms with Crippen molar-refractivity contribution in [1.82, 2.24) is 34.6 Å². The molecule has 2 aliphatic rings. The molecule has 12 nitrogen and oxygen atoms in total. The first-order chi connectivity index (χ1) is 23.7. The van der Waals surface area contributed by atoms with Crippen LogP contribution >= 0.6 is 18.7 Å². The van der Waals surface area contributed by atoms with Crippen molar-refractivity contribution in [2.24, 2.45) is 7.05 Å². The smallest absolute Gasteiger partial charge is 0.229 e. The minimum absolute atomic E-state index is 0.309. The molecule has 5 aromatic rings. The van der Waals surface area contributed by atoms with Crippen molar-refractivity contribution in [2.45, 2.75) is 38.1 Å². The fourth-order valence-electron chi connectivity index (χ4n) is 7.08. The van der Waals surface area contributed by atoms with Gasteiger partial charge in [-0.2, -0.15) is 10.1 Å². The van der Waals surface area contributed by atoms with Crippen molar-refractivity contribution in [3.63, 3.8) is 0 Å². The number of hydrogen-bond acceptors (Lipinski definition) is 11. The minimum Gasteiger partial charge on any atom is -0.494 e. The van der Waals surface area contributed by atoms with Crippen LogP contribution in [0.15, 0.2) is 55.2 Å². The van der Waals surface area contributed by atoms with Gasteiger partial charge in [-0.3, -0.25) is 14.6 Å². The van der Waals surface area contributed by atoms with Crippen LogP contribution in [0.5, 0.6) is 5.75 Å². The summed E-state index contributed by atoms with van der Waals surface area (Å²) >= 11 is 6.61. The lowest BCUT2D eigenvalue weighted by molar-refractivity contribution is 0.141. The van der Waals surface area contributed by atoms with Gasteiger partial charge in [-0.1, -0.05) is 18.0 Å². The normalized spacial score (nSPS) is 16.2. The number of ether oxygens (including phenoxy) is 1. The summed E-state index contributed by atoms with van der Waals surface area (Å²) in [7, 11) is 0.809. The summed E-state index contributed by atoms with van der Waals surface area (Å²) in [5, 5.41) is 12.0. The molecule has 49 heavy (non-hydrogen) atoms. The highest BCUT2D eigenvalue weighted by molar-refractivity contribution is 7.71. The van der Waals surface area contributed by atoms with Gasteiger partial charge in [0, 0.05) is 67.7 Å². The second-order valence-electron chi connectivity index (χ2n) is 13.2. The molecule has 0 aliphatic carbocycles. The molecule has 2 aliphatic heterocycles. The number of hydrogen-bond donors (Lipinski definition) is 2. The SMILES string of the molecule is COc1cc(N2CCC(N3CCCCC3)CC2)c(-c2cnn(C)c2)cc1Nc1ncc(Cl)c(Nc2ccc3nccnc3c2P(C)(C)=O)n1. The molecule has 3 aromatic heterocycles. The Morgan fingerprint density at radius 3 is 2.43 bits per heavy atom. The Balaban J connectivity index is 1.20. The van der Waals surface area contributed by atoms with Gasteiger partial charge >= 0.3 is 0 Å². The van der Waals surface area contributed by atoms with Gasteiger partial charge in [0.2, 0.25) is 5.95 Å². The number of likely N-dealkylation sites (tertiary alicyclic amines) is 1. The number of fused-ring (bicyclic) bond motifs is 1. The van der Waals surface area contributed by atoms with E-state index in [1.807, 2.05) is 36.3 Å². The van der Waals surface area contributed by atoms with Crippen LogP contribution < -0.4 is 25.6 Å². The first-order valence-corrected chi connectivity index (χ1v) is 19.7. The zero-order chi connectivity index (χ0) is 34.1. The van der Waals surface area contributed by atoms with E-state index in [2.05, 4.69) is 52.6 Å². The number of benzene rings is 2. The number of aryl methyl sites for hydroxylation is 1. The molecule has 0 atom stereocenters. The lowest BCUT2D eigenvalue weighted by Crippen LogP contribution is -2.46. The largest absolute Gasteiger partial charge is 0.494 e. The molecule has 7 rings (SSSR count). The Kier molecular flexibility index (Phi) is 9.46. The summed E-state index contributed by atoms with van der Waals surface area (Å²) in [6.45, 7) is 7.82. The lowest BCUT2D eigenvalue weighted by atomic mass is 9.97. The number of nitrogens with one attached hydrogen (secondary N) is 2. The number of rotatable bonds is 9. The van der Waals surface area contributed by atoms with Gasteiger partial charge in [0.25, 0.3) is 0 Å². The molecular weight excluding hydrogens is 659 g/mol. The Morgan fingerprint density at radius 2 is 1.71 bits per heavy atom. The van der Waals surface area contributed by atoms with E-state index >= 15 is 0 Å². The molecule has 0 radical (unpaired) electrons.